The SMILES string of the molecule is CC(C)(C)[C@@H]1CCc2c(C(=O)N/N=C\c3ccsc3)csc2C1. The molecule has 0 aliphatic heterocycles. The quantitative estimate of drug-likeness (QED) is 0.634. The van der Waals surface area contributed by atoms with E-state index in [1.165, 1.54) is 10.4 Å². The van der Waals surface area contributed by atoms with E-state index in [9.17, 15) is 4.79 Å². The lowest BCUT2D eigenvalue weighted by atomic mass is 9.72. The van der Waals surface area contributed by atoms with Gasteiger partial charge in [0.05, 0.1) is 11.8 Å². The third-order valence-corrected chi connectivity index (χ3v) is 6.30. The molecule has 1 amide bonds. The number of rotatable bonds is 3. The molecule has 1 N–H and O–H groups in total. The number of hydrogen-bond donors (Lipinski definition) is 1. The van der Waals surface area contributed by atoms with E-state index in [4.69, 9.17) is 0 Å². The highest BCUT2D eigenvalue weighted by atomic mass is 32.1. The van der Waals surface area contributed by atoms with Gasteiger partial charge in [-0.25, -0.2) is 5.43 Å². The number of fused-ring (bicyclic) bond motifs is 1. The van der Waals surface area contributed by atoms with Gasteiger partial charge >= 0.3 is 0 Å². The van der Waals surface area contributed by atoms with E-state index in [0.29, 0.717) is 11.3 Å². The number of hydrogen-bond acceptors (Lipinski definition) is 4. The molecule has 0 spiro atoms. The Hall–Kier alpha value is -1.46. The molecular formula is C18H22N2OS2. The van der Waals surface area contributed by atoms with Crippen LogP contribution in [-0.2, 0) is 12.8 Å². The first-order valence-corrected chi connectivity index (χ1v) is 9.72. The van der Waals surface area contributed by atoms with Gasteiger partial charge in [-0.05, 0) is 53.0 Å². The van der Waals surface area contributed by atoms with Crippen molar-refractivity contribution in [2.45, 2.75) is 40.0 Å². The van der Waals surface area contributed by atoms with Gasteiger partial charge in [0.2, 0.25) is 0 Å². The molecule has 3 nitrogen and oxygen atoms in total. The summed E-state index contributed by atoms with van der Waals surface area (Å²) < 4.78 is 0. The number of amides is 1. The van der Waals surface area contributed by atoms with Crippen LogP contribution in [0.3, 0.4) is 0 Å². The van der Waals surface area contributed by atoms with Crippen molar-refractivity contribution in [3.8, 4) is 0 Å². The number of carbonyl (C=O) groups is 1. The number of thiophene rings is 2. The topological polar surface area (TPSA) is 41.5 Å². The average Bonchev–Trinajstić information content (AvgIpc) is 3.14. The highest BCUT2D eigenvalue weighted by molar-refractivity contribution is 7.10. The zero-order chi connectivity index (χ0) is 16.4. The van der Waals surface area contributed by atoms with Gasteiger partial charge in [0.15, 0.2) is 0 Å². The molecule has 1 aliphatic rings. The highest BCUT2D eigenvalue weighted by Crippen LogP contribution is 2.40. The van der Waals surface area contributed by atoms with Crippen molar-refractivity contribution in [1.29, 1.82) is 0 Å². The maximum atomic E-state index is 12.4. The second-order valence-corrected chi connectivity index (χ2v) is 8.86. The van der Waals surface area contributed by atoms with Crippen LogP contribution in [0.4, 0.5) is 0 Å². The van der Waals surface area contributed by atoms with E-state index in [1.54, 1.807) is 28.9 Å². The molecule has 0 fully saturated rings. The summed E-state index contributed by atoms with van der Waals surface area (Å²) >= 11 is 3.33. The average molecular weight is 347 g/mol. The maximum absolute atomic E-state index is 12.4. The predicted octanol–water partition coefficient (Wildman–Crippen LogP) is 4.72. The van der Waals surface area contributed by atoms with Crippen LogP contribution >= 0.6 is 22.7 Å². The van der Waals surface area contributed by atoms with Crippen molar-refractivity contribution in [2.24, 2.45) is 16.4 Å². The third kappa shape index (κ3) is 3.72. The summed E-state index contributed by atoms with van der Waals surface area (Å²) in [5.74, 6) is 0.601. The molecule has 5 heteroatoms. The molecule has 1 atom stereocenters. The zero-order valence-electron chi connectivity index (χ0n) is 13.8. The lowest BCUT2D eigenvalue weighted by Crippen LogP contribution is -2.27. The molecule has 3 rings (SSSR count). The Kier molecular flexibility index (Phi) is 4.69. The molecule has 2 aromatic rings. The van der Waals surface area contributed by atoms with E-state index >= 15 is 0 Å². The molecule has 0 saturated carbocycles. The van der Waals surface area contributed by atoms with Crippen LogP contribution in [0, 0.1) is 11.3 Å². The third-order valence-electron chi connectivity index (χ3n) is 4.55. The van der Waals surface area contributed by atoms with E-state index in [0.717, 1.165) is 30.4 Å². The second kappa shape index (κ2) is 6.57. The standard InChI is InChI=1S/C18H22N2OS2/c1-18(2,3)13-4-5-14-15(11-23-16(14)8-13)17(21)20-19-9-12-6-7-22-10-12/h6-7,9-11,13H,4-5,8H2,1-3H3,(H,20,21)/b19-9-/t13-/m1/s1. The molecule has 0 bridgehead atoms. The first-order valence-electron chi connectivity index (χ1n) is 7.90. The highest BCUT2D eigenvalue weighted by Gasteiger charge is 2.31. The molecule has 0 aromatic carbocycles. The van der Waals surface area contributed by atoms with Crippen molar-refractivity contribution in [2.75, 3.05) is 0 Å². The minimum absolute atomic E-state index is 0.0943. The largest absolute Gasteiger partial charge is 0.272 e. The summed E-state index contributed by atoms with van der Waals surface area (Å²) in [6, 6.07) is 1.97. The van der Waals surface area contributed by atoms with Gasteiger partial charge in [-0.2, -0.15) is 16.4 Å². The van der Waals surface area contributed by atoms with Crippen LogP contribution in [0.2, 0.25) is 0 Å². The lowest BCUT2D eigenvalue weighted by Gasteiger charge is -2.33. The van der Waals surface area contributed by atoms with Gasteiger partial charge < -0.3 is 0 Å². The van der Waals surface area contributed by atoms with E-state index in [2.05, 4.69) is 31.3 Å². The van der Waals surface area contributed by atoms with Crippen LogP contribution in [0.15, 0.2) is 27.3 Å². The number of nitrogens with zero attached hydrogens (tertiary/aromatic N) is 1. The van der Waals surface area contributed by atoms with Crippen LogP contribution in [0.25, 0.3) is 0 Å². The van der Waals surface area contributed by atoms with Crippen LogP contribution < -0.4 is 5.43 Å². The van der Waals surface area contributed by atoms with Gasteiger partial charge in [0.1, 0.15) is 0 Å². The smallest absolute Gasteiger partial charge is 0.267 e. The fourth-order valence-electron chi connectivity index (χ4n) is 3.02. The lowest BCUT2D eigenvalue weighted by molar-refractivity contribution is 0.0954. The van der Waals surface area contributed by atoms with Crippen LogP contribution in [-0.4, -0.2) is 12.1 Å². The maximum Gasteiger partial charge on any atom is 0.272 e. The molecule has 23 heavy (non-hydrogen) atoms. The Morgan fingerprint density at radius 2 is 2.22 bits per heavy atom. The van der Waals surface area contributed by atoms with Crippen molar-refractivity contribution in [3.63, 3.8) is 0 Å². The molecule has 0 radical (unpaired) electrons. The minimum Gasteiger partial charge on any atom is -0.267 e. The second-order valence-electron chi connectivity index (χ2n) is 7.11. The monoisotopic (exact) mass is 346 g/mol. The van der Waals surface area contributed by atoms with E-state index in [1.807, 2.05) is 22.2 Å². The zero-order valence-corrected chi connectivity index (χ0v) is 15.4. The number of carbonyl (C=O) groups excluding carboxylic acids is 1. The molecule has 0 unspecified atom stereocenters. The Labute approximate surface area is 145 Å². The minimum atomic E-state index is -0.0943. The fourth-order valence-corrected chi connectivity index (χ4v) is 4.79. The Morgan fingerprint density at radius 1 is 1.39 bits per heavy atom. The number of hydrazone groups is 1. The van der Waals surface area contributed by atoms with Crippen molar-refractivity contribution < 1.29 is 4.79 Å². The fraction of sp³-hybridized carbons (Fsp3) is 0.444. The van der Waals surface area contributed by atoms with Gasteiger partial charge in [-0.3, -0.25) is 4.79 Å². The Bertz CT molecular complexity index is 708. The molecule has 2 heterocycles. The molecule has 1 aliphatic carbocycles. The summed E-state index contributed by atoms with van der Waals surface area (Å²) in [6.45, 7) is 6.93. The van der Waals surface area contributed by atoms with Gasteiger partial charge in [-0.1, -0.05) is 20.8 Å². The summed E-state index contributed by atoms with van der Waals surface area (Å²) in [4.78, 5) is 13.7. The van der Waals surface area contributed by atoms with E-state index < -0.39 is 0 Å². The molecular weight excluding hydrogens is 324 g/mol. The van der Waals surface area contributed by atoms with Gasteiger partial charge in [0.25, 0.3) is 5.91 Å². The molecule has 0 saturated heterocycles. The first kappa shape index (κ1) is 16.4. The van der Waals surface area contributed by atoms with Crippen molar-refractivity contribution >= 4 is 34.8 Å². The van der Waals surface area contributed by atoms with Crippen LogP contribution in [0.1, 0.15) is 53.6 Å². The molecule has 2 aromatic heterocycles. The number of nitrogens with one attached hydrogen (secondary N) is 1. The summed E-state index contributed by atoms with van der Waals surface area (Å²) in [6.07, 6.45) is 4.93. The summed E-state index contributed by atoms with van der Waals surface area (Å²) in [5.41, 5.74) is 6.04. The Morgan fingerprint density at radius 3 is 2.91 bits per heavy atom. The van der Waals surface area contributed by atoms with Gasteiger partial charge in [-0.15, -0.1) is 11.3 Å². The summed E-state index contributed by atoms with van der Waals surface area (Å²) in [7, 11) is 0. The summed E-state index contributed by atoms with van der Waals surface area (Å²) in [5, 5.41) is 10.0. The first-order chi connectivity index (χ1) is 10.9. The van der Waals surface area contributed by atoms with Crippen molar-refractivity contribution in [1.82, 2.24) is 5.43 Å². The predicted molar refractivity (Wildman–Crippen MR) is 98.7 cm³/mol. The Balaban J connectivity index is 1.68. The van der Waals surface area contributed by atoms with Crippen LogP contribution in [0.5, 0.6) is 0 Å². The molecule has 122 valence electrons. The van der Waals surface area contributed by atoms with Crippen molar-refractivity contribution in [3.05, 3.63) is 43.8 Å². The van der Waals surface area contributed by atoms with E-state index in [-0.39, 0.29) is 5.91 Å². The van der Waals surface area contributed by atoms with Gasteiger partial charge in [0, 0.05) is 15.8 Å². The normalized spacial score (nSPS) is 18.1.